The average Bonchev–Trinajstić information content (AvgIpc) is 2.46. The van der Waals surface area contributed by atoms with Crippen LogP contribution in [-0.2, 0) is 23.9 Å². The second kappa shape index (κ2) is 4.62. The van der Waals surface area contributed by atoms with Gasteiger partial charge in [-0.25, -0.2) is 4.79 Å². The smallest absolute Gasteiger partial charge is 0.370 e. The summed E-state index contributed by atoms with van der Waals surface area (Å²) in [5, 5.41) is 0. The number of nitrogens with zero attached hydrogens (tertiary/aromatic N) is 1. The minimum absolute atomic E-state index is 0.0611. The van der Waals surface area contributed by atoms with Crippen molar-refractivity contribution in [2.45, 2.75) is 31.9 Å². The summed E-state index contributed by atoms with van der Waals surface area (Å²) in [6, 6.07) is 0. The molecule has 17 heavy (non-hydrogen) atoms. The lowest BCUT2D eigenvalue weighted by Gasteiger charge is -2.33. The number of ether oxygens (including phenoxy) is 2. The van der Waals surface area contributed by atoms with Gasteiger partial charge in [0.2, 0.25) is 5.54 Å². The molecule has 2 unspecified atom stereocenters. The van der Waals surface area contributed by atoms with Gasteiger partial charge in [-0.2, -0.15) is 9.48 Å². The Labute approximate surface area is 101 Å². The highest BCUT2D eigenvalue weighted by molar-refractivity contribution is 5.79. The Morgan fingerprint density at radius 2 is 2.06 bits per heavy atom. The zero-order chi connectivity index (χ0) is 13.3. The average molecular weight is 246 g/mol. The Balaban J connectivity index is 2.75. The van der Waals surface area contributed by atoms with Crippen LogP contribution in [0.3, 0.4) is 0 Å². The van der Waals surface area contributed by atoms with E-state index >= 15 is 0 Å². The van der Waals surface area contributed by atoms with Crippen LogP contribution >= 0.6 is 0 Å². The third-order valence-electron chi connectivity index (χ3n) is 3.32. The SMILES string of the molecule is COC(=O)C1(C)CC(COC(C)=O)O[N+]1(C)C. The predicted molar refractivity (Wildman–Crippen MR) is 58.7 cm³/mol. The number of hydroxylamine groups is 3. The number of hydrogen-bond acceptors (Lipinski definition) is 5. The van der Waals surface area contributed by atoms with Crippen molar-refractivity contribution in [2.75, 3.05) is 27.8 Å². The molecule has 0 bridgehead atoms. The van der Waals surface area contributed by atoms with Crippen LogP contribution in [0, 0.1) is 0 Å². The van der Waals surface area contributed by atoms with E-state index in [-0.39, 0.29) is 29.3 Å². The molecule has 0 saturated carbocycles. The van der Waals surface area contributed by atoms with E-state index in [4.69, 9.17) is 14.3 Å². The molecule has 1 aliphatic rings. The summed E-state index contributed by atoms with van der Waals surface area (Å²) in [6.45, 7) is 3.28. The molecule has 1 aliphatic heterocycles. The van der Waals surface area contributed by atoms with Gasteiger partial charge in [0.15, 0.2) is 6.10 Å². The first-order valence-electron chi connectivity index (χ1n) is 5.47. The summed E-state index contributed by atoms with van der Waals surface area (Å²) < 4.78 is 9.77. The largest absolute Gasteiger partial charge is 0.464 e. The predicted octanol–water partition coefficient (Wildman–Crippen LogP) is 0.262. The number of rotatable bonds is 3. The molecule has 0 aliphatic carbocycles. The van der Waals surface area contributed by atoms with Crippen molar-refractivity contribution in [1.82, 2.24) is 0 Å². The Bertz CT molecular complexity index is 328. The number of esters is 2. The highest BCUT2D eigenvalue weighted by Gasteiger charge is 2.59. The van der Waals surface area contributed by atoms with Crippen LogP contribution in [0.4, 0.5) is 0 Å². The minimum atomic E-state index is -0.778. The standard InChI is InChI=1S/C11H20NO5/c1-8(13)16-7-9-6-11(2,10(14)15-5)12(3,4)17-9/h9H,6-7H2,1-5H3/q+1. The van der Waals surface area contributed by atoms with E-state index in [0.29, 0.717) is 6.42 Å². The lowest BCUT2D eigenvalue weighted by molar-refractivity contribution is -1.09. The molecular weight excluding hydrogens is 226 g/mol. The van der Waals surface area contributed by atoms with Gasteiger partial charge in [-0.3, -0.25) is 4.79 Å². The van der Waals surface area contributed by atoms with Gasteiger partial charge in [-0.05, 0) is 0 Å². The molecule has 0 aromatic heterocycles. The third kappa shape index (κ3) is 2.58. The van der Waals surface area contributed by atoms with Gasteiger partial charge in [-0.1, -0.05) is 0 Å². The molecule has 1 saturated heterocycles. The van der Waals surface area contributed by atoms with Gasteiger partial charge in [0.1, 0.15) is 6.61 Å². The fourth-order valence-corrected chi connectivity index (χ4v) is 2.01. The van der Waals surface area contributed by atoms with Gasteiger partial charge < -0.3 is 9.47 Å². The first-order valence-corrected chi connectivity index (χ1v) is 5.47. The first kappa shape index (κ1) is 13.9. The van der Waals surface area contributed by atoms with Crippen molar-refractivity contribution in [3.63, 3.8) is 0 Å². The first-order chi connectivity index (χ1) is 7.73. The Morgan fingerprint density at radius 3 is 2.53 bits per heavy atom. The van der Waals surface area contributed by atoms with Crippen LogP contribution in [0.2, 0.25) is 0 Å². The van der Waals surface area contributed by atoms with E-state index in [1.807, 2.05) is 0 Å². The summed E-state index contributed by atoms with van der Waals surface area (Å²) in [5.74, 6) is -0.682. The number of carbonyl (C=O) groups excluding carboxylic acids is 2. The summed E-state index contributed by atoms with van der Waals surface area (Å²) in [4.78, 5) is 28.2. The molecule has 0 aromatic carbocycles. The normalized spacial score (nSPS) is 31.0. The summed E-state index contributed by atoms with van der Waals surface area (Å²) in [5.41, 5.74) is -0.778. The lowest BCUT2D eigenvalue weighted by atomic mass is 9.94. The zero-order valence-corrected chi connectivity index (χ0v) is 11.0. The molecular formula is C11H20NO5+. The highest BCUT2D eigenvalue weighted by Crippen LogP contribution is 2.37. The Hall–Kier alpha value is -1.14. The molecule has 6 heteroatoms. The molecule has 6 nitrogen and oxygen atoms in total. The minimum Gasteiger partial charge on any atom is -0.464 e. The van der Waals surface area contributed by atoms with Gasteiger partial charge in [0.25, 0.3) is 0 Å². The zero-order valence-electron chi connectivity index (χ0n) is 11.0. The Kier molecular flexibility index (Phi) is 3.78. The number of likely N-dealkylation sites (N-methyl/N-ethyl adjacent to an activating group) is 1. The molecule has 1 heterocycles. The van der Waals surface area contributed by atoms with E-state index in [9.17, 15) is 9.59 Å². The highest BCUT2D eigenvalue weighted by atomic mass is 16.7. The lowest BCUT2D eigenvalue weighted by Crippen LogP contribution is -2.57. The molecule has 0 N–H and O–H groups in total. The summed E-state index contributed by atoms with van der Waals surface area (Å²) >= 11 is 0. The van der Waals surface area contributed by atoms with Crippen molar-refractivity contribution in [1.29, 1.82) is 0 Å². The van der Waals surface area contributed by atoms with Crippen LogP contribution in [0.25, 0.3) is 0 Å². The maximum atomic E-state index is 11.8. The second-order valence-electron chi connectivity index (χ2n) is 4.85. The van der Waals surface area contributed by atoms with Crippen LogP contribution in [0.15, 0.2) is 0 Å². The third-order valence-corrected chi connectivity index (χ3v) is 3.32. The molecule has 0 spiro atoms. The van der Waals surface area contributed by atoms with Crippen molar-refractivity contribution in [3.8, 4) is 0 Å². The van der Waals surface area contributed by atoms with E-state index in [1.54, 1.807) is 21.0 Å². The molecule has 0 radical (unpaired) electrons. The van der Waals surface area contributed by atoms with Gasteiger partial charge in [0.05, 0.1) is 27.6 Å². The number of methoxy groups -OCH3 is 1. The van der Waals surface area contributed by atoms with Crippen molar-refractivity contribution in [2.24, 2.45) is 0 Å². The molecule has 0 aromatic rings. The Morgan fingerprint density at radius 1 is 1.47 bits per heavy atom. The summed E-state index contributed by atoms with van der Waals surface area (Å²) in [6.07, 6.45) is 0.165. The second-order valence-corrected chi connectivity index (χ2v) is 4.85. The van der Waals surface area contributed by atoms with Crippen LogP contribution in [0.1, 0.15) is 20.3 Å². The number of quaternary nitrogens is 1. The van der Waals surface area contributed by atoms with Crippen molar-refractivity contribution in [3.05, 3.63) is 0 Å². The van der Waals surface area contributed by atoms with E-state index in [1.165, 1.54) is 14.0 Å². The quantitative estimate of drug-likeness (QED) is 0.528. The van der Waals surface area contributed by atoms with E-state index < -0.39 is 5.54 Å². The molecule has 1 rings (SSSR count). The topological polar surface area (TPSA) is 61.8 Å². The number of carbonyl (C=O) groups is 2. The van der Waals surface area contributed by atoms with Crippen LogP contribution < -0.4 is 0 Å². The molecule has 98 valence electrons. The number of hydrogen-bond donors (Lipinski definition) is 0. The maximum Gasteiger partial charge on any atom is 0.370 e. The fraction of sp³-hybridized carbons (Fsp3) is 0.818. The fourth-order valence-electron chi connectivity index (χ4n) is 2.01. The summed E-state index contributed by atoms with van der Waals surface area (Å²) in [7, 11) is 4.92. The van der Waals surface area contributed by atoms with Gasteiger partial charge in [0, 0.05) is 13.8 Å². The van der Waals surface area contributed by atoms with Crippen LogP contribution in [-0.4, -0.2) is 56.0 Å². The molecule has 1 fully saturated rings. The van der Waals surface area contributed by atoms with E-state index in [2.05, 4.69) is 0 Å². The molecule has 2 atom stereocenters. The van der Waals surface area contributed by atoms with Crippen LogP contribution in [0.5, 0.6) is 0 Å². The maximum absolute atomic E-state index is 11.8. The van der Waals surface area contributed by atoms with Crippen molar-refractivity contribution < 1.29 is 28.5 Å². The monoisotopic (exact) mass is 246 g/mol. The van der Waals surface area contributed by atoms with Crippen molar-refractivity contribution >= 4 is 11.9 Å². The molecule has 0 amide bonds. The van der Waals surface area contributed by atoms with Gasteiger partial charge >= 0.3 is 11.9 Å². The van der Waals surface area contributed by atoms with Gasteiger partial charge in [-0.15, -0.1) is 0 Å². The van der Waals surface area contributed by atoms with E-state index in [0.717, 1.165) is 0 Å².